The van der Waals surface area contributed by atoms with E-state index in [4.69, 9.17) is 5.11 Å². The fourth-order valence-electron chi connectivity index (χ4n) is 2.39. The summed E-state index contributed by atoms with van der Waals surface area (Å²) in [6.07, 6.45) is 2.46. The minimum Gasteiger partial charge on any atom is -0.481 e. The fraction of sp³-hybridized carbons (Fsp3) is 0.769. The molecular formula is C13H21N3O2S. The van der Waals surface area contributed by atoms with E-state index in [0.29, 0.717) is 5.92 Å². The van der Waals surface area contributed by atoms with Crippen molar-refractivity contribution in [2.75, 3.05) is 5.75 Å². The highest BCUT2D eigenvalue weighted by Crippen LogP contribution is 2.46. The van der Waals surface area contributed by atoms with Gasteiger partial charge in [0.1, 0.15) is 5.82 Å². The van der Waals surface area contributed by atoms with E-state index in [-0.39, 0.29) is 17.2 Å². The summed E-state index contributed by atoms with van der Waals surface area (Å²) in [5.74, 6) is 1.08. The van der Waals surface area contributed by atoms with Crippen LogP contribution in [0.5, 0.6) is 0 Å². The Kier molecular flexibility index (Phi) is 3.90. The maximum atomic E-state index is 10.7. The van der Waals surface area contributed by atoms with Gasteiger partial charge in [-0.05, 0) is 32.6 Å². The topological polar surface area (TPSA) is 68.0 Å². The minimum atomic E-state index is -0.824. The van der Waals surface area contributed by atoms with Gasteiger partial charge < -0.3 is 5.11 Å². The van der Waals surface area contributed by atoms with E-state index in [1.165, 1.54) is 24.6 Å². The molecule has 0 radical (unpaired) electrons. The highest BCUT2D eigenvalue weighted by molar-refractivity contribution is 7.99. The molecule has 1 saturated carbocycles. The lowest BCUT2D eigenvalue weighted by molar-refractivity contribution is -0.133. The van der Waals surface area contributed by atoms with E-state index in [0.717, 1.165) is 11.0 Å². The Morgan fingerprint density at radius 2 is 2.11 bits per heavy atom. The van der Waals surface area contributed by atoms with Crippen LogP contribution in [0.15, 0.2) is 5.16 Å². The van der Waals surface area contributed by atoms with Crippen molar-refractivity contribution in [2.24, 2.45) is 5.92 Å². The summed E-state index contributed by atoms with van der Waals surface area (Å²) in [5, 5.41) is 18.0. The molecule has 1 N–H and O–H groups in total. The molecule has 0 bridgehead atoms. The van der Waals surface area contributed by atoms with Gasteiger partial charge in [0.25, 0.3) is 0 Å². The van der Waals surface area contributed by atoms with Crippen LogP contribution >= 0.6 is 11.8 Å². The van der Waals surface area contributed by atoms with Crippen LogP contribution in [-0.2, 0) is 10.3 Å². The number of hydrogen-bond donors (Lipinski definition) is 1. The summed E-state index contributed by atoms with van der Waals surface area (Å²) >= 11 is 1.26. The van der Waals surface area contributed by atoms with E-state index in [1.54, 1.807) is 0 Å². The molecule has 2 rings (SSSR count). The smallest absolute Gasteiger partial charge is 0.313 e. The van der Waals surface area contributed by atoms with E-state index in [1.807, 2.05) is 0 Å². The molecule has 1 fully saturated rings. The average Bonchev–Trinajstić information content (AvgIpc) is 3.06. The van der Waals surface area contributed by atoms with Crippen LogP contribution in [0.1, 0.15) is 52.3 Å². The molecule has 1 aliphatic carbocycles. The zero-order chi connectivity index (χ0) is 14.2. The molecule has 19 heavy (non-hydrogen) atoms. The third-order valence-electron chi connectivity index (χ3n) is 3.65. The second-order valence-corrected chi connectivity index (χ2v) is 6.88. The molecule has 0 saturated heterocycles. The predicted molar refractivity (Wildman–Crippen MR) is 74.5 cm³/mol. The van der Waals surface area contributed by atoms with Gasteiger partial charge in [0.15, 0.2) is 5.16 Å². The van der Waals surface area contributed by atoms with Crippen molar-refractivity contribution < 1.29 is 9.90 Å². The Labute approximate surface area is 117 Å². The largest absolute Gasteiger partial charge is 0.481 e. The number of rotatable bonds is 6. The van der Waals surface area contributed by atoms with Crippen molar-refractivity contribution in [3.63, 3.8) is 0 Å². The summed E-state index contributed by atoms with van der Waals surface area (Å²) in [7, 11) is 0. The molecule has 1 aromatic heterocycles. The van der Waals surface area contributed by atoms with Crippen LogP contribution < -0.4 is 0 Å². The number of aromatic nitrogens is 3. The number of carbonyl (C=O) groups is 1. The van der Waals surface area contributed by atoms with Gasteiger partial charge >= 0.3 is 5.97 Å². The Balaban J connectivity index is 2.35. The Hall–Kier alpha value is -1.04. The number of thioether (sulfide) groups is 1. The molecule has 1 aromatic rings. The molecule has 0 amide bonds. The molecule has 106 valence electrons. The van der Waals surface area contributed by atoms with Crippen LogP contribution in [0, 0.1) is 5.92 Å². The number of carboxylic acid groups (broad SMARTS) is 1. The zero-order valence-corrected chi connectivity index (χ0v) is 12.7. The second-order valence-electron chi connectivity index (χ2n) is 5.94. The third kappa shape index (κ3) is 2.94. The molecule has 6 heteroatoms. The van der Waals surface area contributed by atoms with Crippen molar-refractivity contribution in [2.45, 2.75) is 57.1 Å². The molecule has 0 unspecified atom stereocenters. The molecule has 0 spiro atoms. The molecule has 1 aliphatic rings. The SMILES string of the molecule is CC(C)c1nnc(SCC(=O)O)n1C(C)(C)C1CC1. The number of carboxylic acids is 1. The number of aliphatic carboxylic acids is 1. The Morgan fingerprint density at radius 3 is 2.58 bits per heavy atom. The van der Waals surface area contributed by atoms with Gasteiger partial charge in [-0.2, -0.15) is 0 Å². The minimum absolute atomic E-state index is 0.0248. The molecule has 0 aromatic carbocycles. The van der Waals surface area contributed by atoms with Crippen LogP contribution in [0.25, 0.3) is 0 Å². The van der Waals surface area contributed by atoms with Crippen molar-refractivity contribution in [1.82, 2.24) is 14.8 Å². The zero-order valence-electron chi connectivity index (χ0n) is 11.9. The van der Waals surface area contributed by atoms with Crippen LogP contribution in [0.3, 0.4) is 0 Å². The molecular weight excluding hydrogens is 262 g/mol. The molecule has 5 nitrogen and oxygen atoms in total. The summed E-state index contributed by atoms with van der Waals surface area (Å²) in [4.78, 5) is 10.7. The maximum absolute atomic E-state index is 10.7. The fourth-order valence-corrected chi connectivity index (χ4v) is 3.20. The van der Waals surface area contributed by atoms with Gasteiger partial charge in [0.2, 0.25) is 0 Å². The summed E-state index contributed by atoms with van der Waals surface area (Å²) in [6, 6.07) is 0. The van der Waals surface area contributed by atoms with Gasteiger partial charge in [-0.1, -0.05) is 25.6 Å². The molecule has 1 heterocycles. The lowest BCUT2D eigenvalue weighted by atomic mass is 9.97. The van der Waals surface area contributed by atoms with Crippen LogP contribution in [-0.4, -0.2) is 31.6 Å². The summed E-state index contributed by atoms with van der Waals surface area (Å²) in [5.41, 5.74) is -0.0378. The first-order valence-corrected chi connectivity index (χ1v) is 7.63. The first-order valence-electron chi connectivity index (χ1n) is 6.64. The van der Waals surface area contributed by atoms with Crippen LogP contribution in [0.4, 0.5) is 0 Å². The lowest BCUT2D eigenvalue weighted by Crippen LogP contribution is -2.31. The number of hydrogen-bond acceptors (Lipinski definition) is 4. The summed E-state index contributed by atoms with van der Waals surface area (Å²) < 4.78 is 2.16. The van der Waals surface area contributed by atoms with Crippen molar-refractivity contribution >= 4 is 17.7 Å². The molecule has 0 aliphatic heterocycles. The quantitative estimate of drug-likeness (QED) is 0.813. The van der Waals surface area contributed by atoms with Gasteiger partial charge in [-0.15, -0.1) is 10.2 Å². The van der Waals surface area contributed by atoms with E-state index in [9.17, 15) is 4.79 Å². The van der Waals surface area contributed by atoms with E-state index < -0.39 is 5.97 Å². The van der Waals surface area contributed by atoms with Gasteiger partial charge in [0.05, 0.1) is 5.75 Å². The Bertz CT molecular complexity index is 478. The van der Waals surface area contributed by atoms with E-state index in [2.05, 4.69) is 42.5 Å². The highest BCUT2D eigenvalue weighted by Gasteiger charge is 2.42. The first kappa shape index (κ1) is 14.4. The number of nitrogens with zero attached hydrogens (tertiary/aromatic N) is 3. The Morgan fingerprint density at radius 1 is 1.47 bits per heavy atom. The maximum Gasteiger partial charge on any atom is 0.313 e. The molecule has 0 atom stereocenters. The second kappa shape index (κ2) is 5.15. The van der Waals surface area contributed by atoms with Crippen LogP contribution in [0.2, 0.25) is 0 Å². The highest BCUT2D eigenvalue weighted by atomic mass is 32.2. The van der Waals surface area contributed by atoms with Crippen molar-refractivity contribution in [3.05, 3.63) is 5.82 Å². The first-order chi connectivity index (χ1) is 8.84. The standard InChI is InChI=1S/C13H21N3O2S/c1-8(2)11-14-15-12(19-7-10(17)18)16(11)13(3,4)9-5-6-9/h8-9H,5-7H2,1-4H3,(H,17,18). The van der Waals surface area contributed by atoms with Gasteiger partial charge in [-0.3, -0.25) is 9.36 Å². The van der Waals surface area contributed by atoms with Crippen molar-refractivity contribution in [3.8, 4) is 0 Å². The van der Waals surface area contributed by atoms with E-state index >= 15 is 0 Å². The van der Waals surface area contributed by atoms with Crippen molar-refractivity contribution in [1.29, 1.82) is 0 Å². The average molecular weight is 283 g/mol. The third-order valence-corrected chi connectivity index (χ3v) is 4.57. The lowest BCUT2D eigenvalue weighted by Gasteiger charge is -2.30. The monoisotopic (exact) mass is 283 g/mol. The van der Waals surface area contributed by atoms with Gasteiger partial charge in [0, 0.05) is 11.5 Å². The summed E-state index contributed by atoms with van der Waals surface area (Å²) in [6.45, 7) is 8.58. The van der Waals surface area contributed by atoms with Gasteiger partial charge in [-0.25, -0.2) is 0 Å². The predicted octanol–water partition coefficient (Wildman–Crippen LogP) is 2.72. The normalized spacial score (nSPS) is 16.1.